The van der Waals surface area contributed by atoms with Crippen molar-refractivity contribution in [2.75, 3.05) is 14.2 Å². The van der Waals surface area contributed by atoms with Crippen LogP contribution in [0.1, 0.15) is 33.1 Å². The maximum atomic E-state index is 13.2. The van der Waals surface area contributed by atoms with Crippen LogP contribution in [0, 0.1) is 0 Å². The van der Waals surface area contributed by atoms with Gasteiger partial charge in [-0.25, -0.2) is 0 Å². The SMILES string of the molecule is C=CCc1cc(C(=O)NC(c2ccccc2)c2ccncc2)cc(OC)c1OC. The van der Waals surface area contributed by atoms with Gasteiger partial charge in [0.15, 0.2) is 11.5 Å². The van der Waals surface area contributed by atoms with E-state index in [4.69, 9.17) is 9.47 Å². The molecule has 0 saturated carbocycles. The van der Waals surface area contributed by atoms with Gasteiger partial charge < -0.3 is 14.8 Å². The summed E-state index contributed by atoms with van der Waals surface area (Å²) in [5.41, 5.74) is 3.27. The fourth-order valence-corrected chi connectivity index (χ4v) is 3.26. The van der Waals surface area contributed by atoms with E-state index in [9.17, 15) is 4.79 Å². The largest absolute Gasteiger partial charge is 0.493 e. The van der Waals surface area contributed by atoms with Gasteiger partial charge in [-0.2, -0.15) is 0 Å². The first-order valence-corrected chi connectivity index (χ1v) is 9.29. The lowest BCUT2D eigenvalue weighted by molar-refractivity contribution is 0.0942. The van der Waals surface area contributed by atoms with Crippen molar-refractivity contribution in [3.63, 3.8) is 0 Å². The minimum absolute atomic E-state index is 0.207. The second-order valence-corrected chi connectivity index (χ2v) is 6.46. The number of allylic oxidation sites excluding steroid dienone is 1. The zero-order chi connectivity index (χ0) is 20.6. The number of hydrogen-bond acceptors (Lipinski definition) is 4. The van der Waals surface area contributed by atoms with Crippen molar-refractivity contribution >= 4 is 5.91 Å². The second-order valence-electron chi connectivity index (χ2n) is 6.46. The number of benzene rings is 2. The smallest absolute Gasteiger partial charge is 0.252 e. The molecule has 1 unspecified atom stereocenters. The zero-order valence-corrected chi connectivity index (χ0v) is 16.6. The fraction of sp³-hybridized carbons (Fsp3) is 0.167. The van der Waals surface area contributed by atoms with E-state index < -0.39 is 0 Å². The van der Waals surface area contributed by atoms with Gasteiger partial charge >= 0.3 is 0 Å². The zero-order valence-electron chi connectivity index (χ0n) is 16.6. The highest BCUT2D eigenvalue weighted by Gasteiger charge is 2.20. The Morgan fingerprint density at radius 1 is 1.07 bits per heavy atom. The number of carbonyl (C=O) groups excluding carboxylic acids is 1. The molecule has 148 valence electrons. The number of aromatic nitrogens is 1. The summed E-state index contributed by atoms with van der Waals surface area (Å²) in [4.78, 5) is 17.3. The van der Waals surface area contributed by atoms with Crippen molar-refractivity contribution in [1.29, 1.82) is 0 Å². The lowest BCUT2D eigenvalue weighted by Gasteiger charge is -2.21. The summed E-state index contributed by atoms with van der Waals surface area (Å²) in [5, 5.41) is 3.14. The molecule has 1 aromatic heterocycles. The average Bonchev–Trinajstić information content (AvgIpc) is 2.78. The Labute approximate surface area is 171 Å². The van der Waals surface area contributed by atoms with Gasteiger partial charge in [-0.3, -0.25) is 9.78 Å². The highest BCUT2D eigenvalue weighted by molar-refractivity contribution is 5.95. The van der Waals surface area contributed by atoms with E-state index in [-0.39, 0.29) is 11.9 Å². The topological polar surface area (TPSA) is 60.5 Å². The standard InChI is InChI=1S/C24H24N2O3/c1-4-8-19-15-20(16-21(28-2)23(19)29-3)24(27)26-22(17-9-6-5-7-10-17)18-11-13-25-14-12-18/h4-7,9-16,22H,1,8H2,2-3H3,(H,26,27). The van der Waals surface area contributed by atoms with Crippen LogP contribution in [-0.4, -0.2) is 25.1 Å². The number of carbonyl (C=O) groups is 1. The summed E-state index contributed by atoms with van der Waals surface area (Å²) >= 11 is 0. The van der Waals surface area contributed by atoms with Gasteiger partial charge in [0.25, 0.3) is 5.91 Å². The quantitative estimate of drug-likeness (QED) is 0.583. The molecule has 0 aliphatic heterocycles. The first kappa shape index (κ1) is 20.1. The van der Waals surface area contributed by atoms with E-state index in [2.05, 4.69) is 16.9 Å². The number of nitrogens with zero attached hydrogens (tertiary/aromatic N) is 1. The number of amides is 1. The van der Waals surface area contributed by atoms with Gasteiger partial charge in [-0.1, -0.05) is 36.4 Å². The molecule has 1 heterocycles. The molecule has 0 bridgehead atoms. The second kappa shape index (κ2) is 9.55. The van der Waals surface area contributed by atoms with Gasteiger partial charge in [0.05, 0.1) is 20.3 Å². The molecule has 0 radical (unpaired) electrons. The summed E-state index contributed by atoms with van der Waals surface area (Å²) in [7, 11) is 3.14. The summed E-state index contributed by atoms with van der Waals surface area (Å²) in [6.45, 7) is 3.79. The Balaban J connectivity index is 1.98. The lowest BCUT2D eigenvalue weighted by Crippen LogP contribution is -2.29. The molecular formula is C24H24N2O3. The Morgan fingerprint density at radius 2 is 1.76 bits per heavy atom. The molecule has 0 aliphatic rings. The summed E-state index contributed by atoms with van der Waals surface area (Å²) in [6, 6.07) is 16.8. The number of methoxy groups -OCH3 is 2. The molecule has 3 rings (SSSR count). The molecule has 3 aromatic rings. The molecule has 5 nitrogen and oxygen atoms in total. The van der Waals surface area contributed by atoms with Crippen LogP contribution < -0.4 is 14.8 Å². The predicted octanol–water partition coefficient (Wildman–Crippen LogP) is 4.35. The number of nitrogens with one attached hydrogen (secondary N) is 1. The van der Waals surface area contributed by atoms with E-state index >= 15 is 0 Å². The Kier molecular flexibility index (Phi) is 6.63. The monoisotopic (exact) mass is 388 g/mol. The van der Waals surface area contributed by atoms with Crippen LogP contribution in [0.25, 0.3) is 0 Å². The van der Waals surface area contributed by atoms with Crippen LogP contribution in [0.15, 0.2) is 79.6 Å². The van der Waals surface area contributed by atoms with E-state index in [1.807, 2.05) is 48.5 Å². The minimum atomic E-state index is -0.303. The molecule has 0 spiro atoms. The fourth-order valence-electron chi connectivity index (χ4n) is 3.26. The summed E-state index contributed by atoms with van der Waals surface area (Å²) < 4.78 is 10.9. The molecule has 5 heteroatoms. The van der Waals surface area contributed by atoms with Crippen LogP contribution in [0.3, 0.4) is 0 Å². The van der Waals surface area contributed by atoms with Crippen molar-refractivity contribution in [2.45, 2.75) is 12.5 Å². The summed E-state index contributed by atoms with van der Waals surface area (Å²) in [5.74, 6) is 0.914. The van der Waals surface area contributed by atoms with Crippen LogP contribution in [-0.2, 0) is 6.42 Å². The van der Waals surface area contributed by atoms with Crippen LogP contribution >= 0.6 is 0 Å². The molecule has 0 aliphatic carbocycles. The maximum Gasteiger partial charge on any atom is 0.252 e. The summed E-state index contributed by atoms with van der Waals surface area (Å²) in [6.07, 6.45) is 5.77. The van der Waals surface area contributed by atoms with Crippen molar-refractivity contribution in [1.82, 2.24) is 10.3 Å². The first-order chi connectivity index (χ1) is 14.2. The number of rotatable bonds is 8. The Morgan fingerprint density at radius 3 is 2.38 bits per heavy atom. The van der Waals surface area contributed by atoms with E-state index in [0.29, 0.717) is 23.5 Å². The van der Waals surface area contributed by atoms with Crippen LogP contribution in [0.2, 0.25) is 0 Å². The third-order valence-corrected chi connectivity index (χ3v) is 4.63. The third kappa shape index (κ3) is 4.63. The van der Waals surface area contributed by atoms with Gasteiger partial charge in [0.2, 0.25) is 0 Å². The van der Waals surface area contributed by atoms with Crippen molar-refractivity contribution in [2.24, 2.45) is 0 Å². The van der Waals surface area contributed by atoms with Crippen molar-refractivity contribution in [3.8, 4) is 11.5 Å². The van der Waals surface area contributed by atoms with E-state index in [1.54, 1.807) is 38.8 Å². The Hall–Kier alpha value is -3.60. The number of hydrogen-bond donors (Lipinski definition) is 1. The molecule has 29 heavy (non-hydrogen) atoms. The highest BCUT2D eigenvalue weighted by atomic mass is 16.5. The van der Waals surface area contributed by atoms with Crippen molar-refractivity contribution < 1.29 is 14.3 Å². The normalized spacial score (nSPS) is 11.4. The van der Waals surface area contributed by atoms with E-state index in [0.717, 1.165) is 16.7 Å². The first-order valence-electron chi connectivity index (χ1n) is 9.29. The molecule has 1 atom stereocenters. The molecule has 1 amide bonds. The van der Waals surface area contributed by atoms with E-state index in [1.165, 1.54) is 0 Å². The molecular weight excluding hydrogens is 364 g/mol. The lowest BCUT2D eigenvalue weighted by atomic mass is 9.98. The van der Waals surface area contributed by atoms with Gasteiger partial charge in [-0.05, 0) is 41.8 Å². The van der Waals surface area contributed by atoms with Gasteiger partial charge in [-0.15, -0.1) is 6.58 Å². The average molecular weight is 388 g/mol. The Bertz CT molecular complexity index is 933. The van der Waals surface area contributed by atoms with Crippen LogP contribution in [0.4, 0.5) is 0 Å². The molecule has 0 saturated heterocycles. The number of ether oxygens (including phenoxy) is 2. The molecule has 0 fully saturated rings. The highest BCUT2D eigenvalue weighted by Crippen LogP contribution is 2.33. The van der Waals surface area contributed by atoms with Gasteiger partial charge in [0.1, 0.15) is 0 Å². The minimum Gasteiger partial charge on any atom is -0.493 e. The maximum absolute atomic E-state index is 13.2. The van der Waals surface area contributed by atoms with Crippen LogP contribution in [0.5, 0.6) is 11.5 Å². The number of pyridine rings is 1. The molecule has 2 aromatic carbocycles. The van der Waals surface area contributed by atoms with Crippen molar-refractivity contribution in [3.05, 3.63) is 102 Å². The van der Waals surface area contributed by atoms with Gasteiger partial charge in [0, 0.05) is 23.5 Å². The predicted molar refractivity (Wildman–Crippen MR) is 113 cm³/mol. The third-order valence-electron chi connectivity index (χ3n) is 4.63. The molecule has 1 N–H and O–H groups in total.